The molecule has 2 heterocycles. The Morgan fingerprint density at radius 2 is 0.607 bits per heavy atom. The van der Waals surface area contributed by atoms with Crippen LogP contribution in [0.1, 0.15) is 0 Å². The lowest BCUT2D eigenvalue weighted by molar-refractivity contribution is 1.37. The third kappa shape index (κ3) is 6.20. The molecule has 0 amide bonds. The van der Waals surface area contributed by atoms with E-state index in [0.29, 0.717) is 0 Å². The van der Waals surface area contributed by atoms with Crippen molar-refractivity contribution in [1.29, 1.82) is 0 Å². The van der Waals surface area contributed by atoms with Crippen molar-refractivity contribution in [3.63, 3.8) is 0 Å². The lowest BCUT2D eigenvalue weighted by Gasteiger charge is -2.13. The Morgan fingerprint density at radius 3 is 1.08 bits per heavy atom. The number of benzene rings is 10. The van der Waals surface area contributed by atoms with E-state index < -0.39 is 0 Å². The minimum atomic E-state index is 1.04. The maximum absolute atomic E-state index is 4.89. The average Bonchev–Trinajstić information content (AvgIpc) is 3.73. The molecule has 2 aromatic heterocycles. The van der Waals surface area contributed by atoms with E-state index >= 15 is 0 Å². The molecule has 12 aromatic rings. The van der Waals surface area contributed by atoms with Crippen LogP contribution < -0.4 is 0 Å². The first-order valence-corrected chi connectivity index (χ1v) is 21.7. The number of aromatic nitrogens is 1. The Balaban J connectivity index is 0.855. The van der Waals surface area contributed by atoms with Gasteiger partial charge in [0.15, 0.2) is 0 Å². The highest BCUT2D eigenvalue weighted by atomic mass is 32.1. The van der Waals surface area contributed by atoms with E-state index in [1.54, 1.807) is 0 Å². The van der Waals surface area contributed by atoms with Gasteiger partial charge in [-0.1, -0.05) is 170 Å². The highest BCUT2D eigenvalue weighted by molar-refractivity contribution is 7.26. The molecule has 12 rings (SSSR count). The van der Waals surface area contributed by atoms with Crippen molar-refractivity contribution in [2.45, 2.75) is 0 Å². The fourth-order valence-corrected chi connectivity index (χ4v) is 10.5. The molecule has 10 aromatic carbocycles. The minimum absolute atomic E-state index is 1.04. The lowest BCUT2D eigenvalue weighted by atomic mass is 9.91. The smallest absolute Gasteiger partial charge is 0.0880 e. The molecule has 61 heavy (non-hydrogen) atoms. The maximum atomic E-state index is 4.89. The van der Waals surface area contributed by atoms with Crippen molar-refractivity contribution in [1.82, 2.24) is 4.98 Å². The fraction of sp³-hybridized carbons (Fsp3) is 0. The van der Waals surface area contributed by atoms with Crippen LogP contribution in [0.2, 0.25) is 0 Å². The van der Waals surface area contributed by atoms with Gasteiger partial charge in [-0.15, -0.1) is 11.3 Å². The molecule has 0 fully saturated rings. The van der Waals surface area contributed by atoms with Crippen LogP contribution in [0.15, 0.2) is 225 Å². The standard InChI is InChI=1S/C59H37NS/c1-2-24-51-49(22-1)50-23-3-4-25-52(50)56-37-47(28-29-53(51)56)45-19-10-17-43(35-45)41-15-8-13-39(33-41)38-12-7-14-40(32-38)42-16-9-18-44(34-42)46-20-11-21-48(36-46)58-59-55(30-31-60-58)54-26-5-6-27-57(54)61-59/h1-37H. The summed E-state index contributed by atoms with van der Waals surface area (Å²) in [5, 5.41) is 10.3. The van der Waals surface area contributed by atoms with Gasteiger partial charge < -0.3 is 0 Å². The summed E-state index contributed by atoms with van der Waals surface area (Å²) < 4.78 is 2.52. The van der Waals surface area contributed by atoms with E-state index in [9.17, 15) is 0 Å². The Labute approximate surface area is 358 Å². The van der Waals surface area contributed by atoms with Crippen LogP contribution in [0.3, 0.4) is 0 Å². The van der Waals surface area contributed by atoms with E-state index in [1.807, 2.05) is 17.5 Å². The molecular formula is C59H37NS. The largest absolute Gasteiger partial charge is 0.255 e. The topological polar surface area (TPSA) is 12.9 Å². The Bertz CT molecular complexity index is 3630. The van der Waals surface area contributed by atoms with E-state index in [1.165, 1.54) is 108 Å². The first-order chi connectivity index (χ1) is 30.2. The molecule has 0 bridgehead atoms. The van der Waals surface area contributed by atoms with Crippen LogP contribution in [0, 0.1) is 0 Å². The highest BCUT2D eigenvalue weighted by Gasteiger charge is 2.14. The average molecular weight is 792 g/mol. The summed E-state index contributed by atoms with van der Waals surface area (Å²) in [4.78, 5) is 4.89. The third-order valence-electron chi connectivity index (χ3n) is 12.3. The molecule has 0 unspecified atom stereocenters. The van der Waals surface area contributed by atoms with Crippen molar-refractivity contribution < 1.29 is 0 Å². The summed E-state index contributed by atoms with van der Waals surface area (Å²) in [5.41, 5.74) is 14.1. The van der Waals surface area contributed by atoms with Gasteiger partial charge in [0.05, 0.1) is 10.4 Å². The molecular weight excluding hydrogens is 755 g/mol. The molecule has 2 heteroatoms. The zero-order chi connectivity index (χ0) is 40.3. The van der Waals surface area contributed by atoms with Crippen LogP contribution in [-0.4, -0.2) is 4.98 Å². The summed E-state index contributed by atoms with van der Waals surface area (Å²) in [6.45, 7) is 0. The molecule has 1 nitrogen and oxygen atoms in total. The Kier molecular flexibility index (Phi) is 8.43. The second kappa shape index (κ2) is 14.6. The molecule has 0 aliphatic heterocycles. The number of hydrogen-bond donors (Lipinski definition) is 0. The Hall–Kier alpha value is -7.65. The van der Waals surface area contributed by atoms with Crippen LogP contribution >= 0.6 is 11.3 Å². The predicted octanol–water partition coefficient (Wildman–Crippen LogP) is 16.9. The van der Waals surface area contributed by atoms with Crippen LogP contribution in [0.5, 0.6) is 0 Å². The molecule has 0 N–H and O–H groups in total. The summed E-state index contributed by atoms with van der Waals surface area (Å²) in [5.74, 6) is 0. The van der Waals surface area contributed by atoms with Gasteiger partial charge in [0.1, 0.15) is 0 Å². The second-order valence-electron chi connectivity index (χ2n) is 15.9. The summed E-state index contributed by atoms with van der Waals surface area (Å²) in [6.07, 6.45) is 1.94. The van der Waals surface area contributed by atoms with Gasteiger partial charge in [-0.3, -0.25) is 4.98 Å². The molecule has 0 radical (unpaired) electrons. The molecule has 284 valence electrons. The van der Waals surface area contributed by atoms with Gasteiger partial charge in [-0.25, -0.2) is 0 Å². The number of hydrogen-bond acceptors (Lipinski definition) is 2. The number of rotatable bonds is 6. The zero-order valence-corrected chi connectivity index (χ0v) is 34.0. The molecule has 0 saturated heterocycles. The SMILES string of the molecule is c1cc(-c2cccc(-c3cccc(-c4ccc5c6ccccc6c6ccccc6c5c4)c3)c2)cc(-c2cccc(-c3cccc(-c4nccc5c4sc4ccccc45)c3)c2)c1. The van der Waals surface area contributed by atoms with Crippen molar-refractivity contribution in [2.75, 3.05) is 0 Å². The van der Waals surface area contributed by atoms with Crippen LogP contribution in [-0.2, 0) is 0 Å². The molecule has 0 aliphatic carbocycles. The zero-order valence-electron chi connectivity index (χ0n) is 33.2. The van der Waals surface area contributed by atoms with Crippen LogP contribution in [0.4, 0.5) is 0 Å². The van der Waals surface area contributed by atoms with Gasteiger partial charge >= 0.3 is 0 Å². The molecule has 0 saturated carbocycles. The third-order valence-corrected chi connectivity index (χ3v) is 13.5. The van der Waals surface area contributed by atoms with Crippen molar-refractivity contribution in [3.8, 4) is 66.9 Å². The first kappa shape index (κ1) is 35.3. The van der Waals surface area contributed by atoms with Crippen molar-refractivity contribution >= 4 is 63.8 Å². The van der Waals surface area contributed by atoms with E-state index in [0.717, 1.165) is 11.3 Å². The summed E-state index contributed by atoms with van der Waals surface area (Å²) >= 11 is 1.82. The number of pyridine rings is 1. The number of fused-ring (bicyclic) bond motifs is 9. The summed E-state index contributed by atoms with van der Waals surface area (Å²) in [7, 11) is 0. The highest BCUT2D eigenvalue weighted by Crippen LogP contribution is 2.41. The molecule has 0 atom stereocenters. The van der Waals surface area contributed by atoms with Gasteiger partial charge in [0.2, 0.25) is 0 Å². The quantitative estimate of drug-likeness (QED) is 0.153. The van der Waals surface area contributed by atoms with Crippen molar-refractivity contribution in [3.05, 3.63) is 225 Å². The van der Waals surface area contributed by atoms with Crippen molar-refractivity contribution in [2.24, 2.45) is 0 Å². The fourth-order valence-electron chi connectivity index (χ4n) is 9.30. The van der Waals surface area contributed by atoms with E-state index in [2.05, 4.69) is 218 Å². The maximum Gasteiger partial charge on any atom is 0.0880 e. The van der Waals surface area contributed by atoms with Crippen LogP contribution in [0.25, 0.3) is 119 Å². The van der Waals surface area contributed by atoms with Gasteiger partial charge in [-0.2, -0.15) is 0 Å². The first-order valence-electron chi connectivity index (χ1n) is 20.8. The minimum Gasteiger partial charge on any atom is -0.255 e. The normalized spacial score (nSPS) is 11.6. The lowest BCUT2D eigenvalue weighted by Crippen LogP contribution is -1.87. The Morgan fingerprint density at radius 1 is 0.246 bits per heavy atom. The number of thiophene rings is 1. The van der Waals surface area contributed by atoms with Gasteiger partial charge in [0.25, 0.3) is 0 Å². The summed E-state index contributed by atoms with van der Waals surface area (Å²) in [6, 6.07) is 79.9. The predicted molar refractivity (Wildman–Crippen MR) is 262 cm³/mol. The van der Waals surface area contributed by atoms with E-state index in [-0.39, 0.29) is 0 Å². The molecule has 0 aliphatic rings. The van der Waals surface area contributed by atoms with Gasteiger partial charge in [0, 0.05) is 27.2 Å². The molecule has 0 spiro atoms. The van der Waals surface area contributed by atoms with Gasteiger partial charge in [-0.05, 0) is 136 Å². The number of nitrogens with zero attached hydrogens (tertiary/aromatic N) is 1. The monoisotopic (exact) mass is 791 g/mol. The van der Waals surface area contributed by atoms with E-state index in [4.69, 9.17) is 4.98 Å². The second-order valence-corrected chi connectivity index (χ2v) is 16.9.